The first-order valence-corrected chi connectivity index (χ1v) is 5.37. The molecule has 0 heterocycles. The number of carboxylic acids is 1. The Balaban J connectivity index is 3.07. The number of hydrogen-bond donors (Lipinski definition) is 3. The van der Waals surface area contributed by atoms with E-state index in [0.717, 1.165) is 6.07 Å². The molecule has 1 rings (SSSR count). The number of carboxylic acid groups (broad SMARTS) is 1. The Morgan fingerprint density at radius 3 is 2.63 bits per heavy atom. The van der Waals surface area contributed by atoms with Crippen LogP contribution in [0.1, 0.15) is 22.8 Å². The average Bonchev–Trinajstić information content (AvgIpc) is 2.34. The van der Waals surface area contributed by atoms with Crippen molar-refractivity contribution in [3.8, 4) is 0 Å². The van der Waals surface area contributed by atoms with Crippen molar-refractivity contribution in [2.45, 2.75) is 19.5 Å². The second-order valence-electron chi connectivity index (χ2n) is 3.88. The van der Waals surface area contributed by atoms with E-state index in [1.807, 2.05) is 0 Å². The van der Waals surface area contributed by atoms with Crippen LogP contribution in [-0.4, -0.2) is 27.9 Å². The number of nitro groups is 1. The standard InChI is InChI=1S/C11H13N3O5/c1-6(10(12)15)13-5-7-3-2-4-8(14(18)19)9(7)11(16)17/h2-4,6,13H,5H2,1H3,(H2,12,15)(H,16,17). The summed E-state index contributed by atoms with van der Waals surface area (Å²) >= 11 is 0. The minimum absolute atomic E-state index is 0.00653. The first-order chi connectivity index (χ1) is 8.84. The quantitative estimate of drug-likeness (QED) is 0.499. The van der Waals surface area contributed by atoms with E-state index in [-0.39, 0.29) is 12.1 Å². The second-order valence-corrected chi connectivity index (χ2v) is 3.88. The Labute approximate surface area is 108 Å². The van der Waals surface area contributed by atoms with Crippen LogP contribution in [0.25, 0.3) is 0 Å². The highest BCUT2D eigenvalue weighted by atomic mass is 16.6. The third kappa shape index (κ3) is 3.49. The van der Waals surface area contributed by atoms with Crippen LogP contribution in [0.5, 0.6) is 0 Å². The maximum absolute atomic E-state index is 11.1. The summed E-state index contributed by atoms with van der Waals surface area (Å²) in [5, 5.41) is 22.5. The van der Waals surface area contributed by atoms with Gasteiger partial charge in [-0.05, 0) is 12.5 Å². The summed E-state index contributed by atoms with van der Waals surface area (Å²) in [7, 11) is 0. The Kier molecular flexibility index (Phi) is 4.54. The van der Waals surface area contributed by atoms with Gasteiger partial charge in [-0.15, -0.1) is 0 Å². The Hall–Kier alpha value is -2.48. The molecule has 0 aliphatic rings. The van der Waals surface area contributed by atoms with Gasteiger partial charge in [0, 0.05) is 12.6 Å². The van der Waals surface area contributed by atoms with Gasteiger partial charge in [-0.2, -0.15) is 0 Å². The molecule has 8 nitrogen and oxygen atoms in total. The number of primary amides is 1. The van der Waals surface area contributed by atoms with Crippen molar-refractivity contribution in [1.29, 1.82) is 0 Å². The number of carbonyl (C=O) groups excluding carboxylic acids is 1. The maximum atomic E-state index is 11.1. The Morgan fingerprint density at radius 2 is 2.16 bits per heavy atom. The van der Waals surface area contributed by atoms with Gasteiger partial charge in [-0.25, -0.2) is 4.79 Å². The molecule has 0 aliphatic carbocycles. The van der Waals surface area contributed by atoms with Crippen LogP contribution in [0.4, 0.5) is 5.69 Å². The van der Waals surface area contributed by atoms with Gasteiger partial charge in [0.05, 0.1) is 11.0 Å². The van der Waals surface area contributed by atoms with E-state index in [9.17, 15) is 19.7 Å². The minimum atomic E-state index is -1.39. The van der Waals surface area contributed by atoms with Crippen LogP contribution in [0.15, 0.2) is 18.2 Å². The summed E-state index contributed by atoms with van der Waals surface area (Å²) in [5.74, 6) is -1.99. The van der Waals surface area contributed by atoms with Gasteiger partial charge >= 0.3 is 5.97 Å². The van der Waals surface area contributed by atoms with Crippen molar-refractivity contribution >= 4 is 17.6 Å². The van der Waals surface area contributed by atoms with E-state index < -0.39 is 34.1 Å². The van der Waals surface area contributed by atoms with Crippen molar-refractivity contribution in [3.63, 3.8) is 0 Å². The van der Waals surface area contributed by atoms with E-state index in [4.69, 9.17) is 10.8 Å². The average molecular weight is 267 g/mol. The zero-order valence-electron chi connectivity index (χ0n) is 10.1. The van der Waals surface area contributed by atoms with Crippen LogP contribution < -0.4 is 11.1 Å². The first kappa shape index (κ1) is 14.6. The van der Waals surface area contributed by atoms with E-state index in [2.05, 4.69) is 5.32 Å². The second kappa shape index (κ2) is 5.91. The molecule has 0 saturated heterocycles. The number of benzene rings is 1. The Bertz CT molecular complexity index is 529. The van der Waals surface area contributed by atoms with E-state index in [1.165, 1.54) is 19.1 Å². The molecule has 8 heteroatoms. The number of nitrogens with one attached hydrogen (secondary N) is 1. The van der Waals surface area contributed by atoms with E-state index in [0.29, 0.717) is 0 Å². The molecule has 0 aromatic heterocycles. The molecular weight excluding hydrogens is 254 g/mol. The molecule has 1 unspecified atom stereocenters. The summed E-state index contributed by atoms with van der Waals surface area (Å²) < 4.78 is 0. The summed E-state index contributed by atoms with van der Waals surface area (Å²) in [6.45, 7) is 1.51. The maximum Gasteiger partial charge on any atom is 0.343 e. The zero-order chi connectivity index (χ0) is 14.6. The molecule has 0 aliphatic heterocycles. The van der Waals surface area contributed by atoms with Gasteiger partial charge in [0.1, 0.15) is 5.56 Å². The van der Waals surface area contributed by atoms with Crippen molar-refractivity contribution < 1.29 is 19.6 Å². The molecule has 1 aromatic carbocycles. The number of carbonyl (C=O) groups is 2. The fraction of sp³-hybridized carbons (Fsp3) is 0.273. The van der Waals surface area contributed by atoms with Crippen LogP contribution in [0.3, 0.4) is 0 Å². The zero-order valence-corrected chi connectivity index (χ0v) is 10.1. The number of nitrogens with zero attached hydrogens (tertiary/aromatic N) is 1. The normalized spacial score (nSPS) is 11.8. The molecule has 19 heavy (non-hydrogen) atoms. The third-order valence-corrected chi connectivity index (χ3v) is 2.56. The van der Waals surface area contributed by atoms with Gasteiger partial charge in [0.2, 0.25) is 5.91 Å². The SMILES string of the molecule is CC(NCc1cccc([N+](=O)[O-])c1C(=O)O)C(N)=O. The van der Waals surface area contributed by atoms with Crippen LogP contribution in [0, 0.1) is 10.1 Å². The number of nitrogens with two attached hydrogens (primary N) is 1. The van der Waals surface area contributed by atoms with Gasteiger partial charge in [-0.3, -0.25) is 14.9 Å². The monoisotopic (exact) mass is 267 g/mol. The molecule has 1 amide bonds. The molecule has 0 bridgehead atoms. The third-order valence-electron chi connectivity index (χ3n) is 2.56. The highest BCUT2D eigenvalue weighted by Gasteiger charge is 2.23. The lowest BCUT2D eigenvalue weighted by Crippen LogP contribution is -2.38. The lowest BCUT2D eigenvalue weighted by molar-refractivity contribution is -0.385. The fourth-order valence-electron chi connectivity index (χ4n) is 1.50. The van der Waals surface area contributed by atoms with Gasteiger partial charge in [0.25, 0.3) is 5.69 Å². The van der Waals surface area contributed by atoms with Crippen molar-refractivity contribution in [3.05, 3.63) is 39.4 Å². The van der Waals surface area contributed by atoms with Crippen LogP contribution in [-0.2, 0) is 11.3 Å². The Morgan fingerprint density at radius 1 is 1.53 bits per heavy atom. The first-order valence-electron chi connectivity index (χ1n) is 5.37. The number of nitro benzene ring substituents is 1. The number of rotatable bonds is 6. The molecule has 0 radical (unpaired) electrons. The van der Waals surface area contributed by atoms with Crippen LogP contribution in [0.2, 0.25) is 0 Å². The molecule has 1 aromatic rings. The molecule has 4 N–H and O–H groups in total. The topological polar surface area (TPSA) is 136 Å². The lowest BCUT2D eigenvalue weighted by atomic mass is 10.1. The molecule has 1 atom stereocenters. The highest BCUT2D eigenvalue weighted by Crippen LogP contribution is 2.22. The van der Waals surface area contributed by atoms with Gasteiger partial charge < -0.3 is 16.2 Å². The van der Waals surface area contributed by atoms with Gasteiger partial charge in [0.15, 0.2) is 0 Å². The number of amides is 1. The van der Waals surface area contributed by atoms with Crippen molar-refractivity contribution in [1.82, 2.24) is 5.32 Å². The largest absolute Gasteiger partial charge is 0.477 e. The molecular formula is C11H13N3O5. The summed E-state index contributed by atoms with van der Waals surface area (Å²) in [6, 6.07) is 3.28. The van der Waals surface area contributed by atoms with Crippen LogP contribution >= 0.6 is 0 Å². The van der Waals surface area contributed by atoms with Crippen molar-refractivity contribution in [2.75, 3.05) is 0 Å². The number of hydrogen-bond acceptors (Lipinski definition) is 5. The number of aromatic carboxylic acids is 1. The predicted molar refractivity (Wildman–Crippen MR) is 65.6 cm³/mol. The summed E-state index contributed by atoms with van der Waals surface area (Å²) in [4.78, 5) is 32.0. The van der Waals surface area contributed by atoms with Crippen molar-refractivity contribution in [2.24, 2.45) is 5.73 Å². The lowest BCUT2D eigenvalue weighted by Gasteiger charge is -2.11. The summed E-state index contributed by atoms with van der Waals surface area (Å²) in [5.41, 5.74) is 4.39. The fourth-order valence-corrected chi connectivity index (χ4v) is 1.50. The van der Waals surface area contributed by atoms with E-state index in [1.54, 1.807) is 0 Å². The highest BCUT2D eigenvalue weighted by molar-refractivity contribution is 5.94. The molecule has 102 valence electrons. The van der Waals surface area contributed by atoms with E-state index >= 15 is 0 Å². The molecule has 0 fully saturated rings. The summed E-state index contributed by atoms with van der Waals surface area (Å²) in [6.07, 6.45) is 0. The molecule has 0 saturated carbocycles. The molecule has 0 spiro atoms. The predicted octanol–water partition coefficient (Wildman–Crippen LogP) is 0.256. The van der Waals surface area contributed by atoms with Gasteiger partial charge in [-0.1, -0.05) is 12.1 Å². The minimum Gasteiger partial charge on any atom is -0.477 e. The smallest absolute Gasteiger partial charge is 0.343 e.